The number of nitrogens with zero attached hydrogens (tertiary/aromatic N) is 6. The highest BCUT2D eigenvalue weighted by molar-refractivity contribution is 6.08. The number of carbonyl (C=O) groups excluding carboxylic acids is 2. The number of rotatable bonds is 6. The third-order valence-electron chi connectivity index (χ3n) is 8.64. The topological polar surface area (TPSA) is 137 Å². The Morgan fingerprint density at radius 3 is 2.65 bits per heavy atom. The van der Waals surface area contributed by atoms with E-state index in [9.17, 15) is 14.7 Å². The van der Waals surface area contributed by atoms with Gasteiger partial charge in [0, 0.05) is 49.4 Å². The first kappa shape index (κ1) is 31.4. The van der Waals surface area contributed by atoms with E-state index >= 15 is 4.39 Å². The number of aliphatic hydroxyl groups excluding tert-OH is 1. The van der Waals surface area contributed by atoms with E-state index in [1.54, 1.807) is 58.2 Å². The Morgan fingerprint density at radius 1 is 1.10 bits per heavy atom. The van der Waals surface area contributed by atoms with Gasteiger partial charge in [0.2, 0.25) is 0 Å². The number of hydrogen-bond acceptors (Lipinski definition) is 9. The minimum absolute atomic E-state index is 0.00523. The zero-order valence-electron chi connectivity index (χ0n) is 26.8. The first-order chi connectivity index (χ1) is 23.1. The average molecular weight is 651 g/mol. The molecule has 3 N–H and O–H groups in total. The van der Waals surface area contributed by atoms with Gasteiger partial charge in [-0.3, -0.25) is 9.59 Å². The number of anilines is 3. The second-order valence-electron chi connectivity index (χ2n) is 12.8. The monoisotopic (exact) mass is 650 g/mol. The smallest absolute Gasteiger partial charge is 0.275 e. The second-order valence-corrected chi connectivity index (χ2v) is 12.8. The number of hydrazine groups is 1. The molecule has 48 heavy (non-hydrogen) atoms. The van der Waals surface area contributed by atoms with Crippen LogP contribution in [0.1, 0.15) is 58.2 Å². The lowest BCUT2D eigenvalue weighted by Gasteiger charge is -2.32. The first-order valence-electron chi connectivity index (χ1n) is 15.7. The number of fused-ring (bicyclic) bond motifs is 2. The number of morpholine rings is 1. The molecule has 246 valence electrons. The highest BCUT2D eigenvalue weighted by Crippen LogP contribution is 2.36. The molecule has 0 spiro atoms. The predicted octanol–water partition coefficient (Wildman–Crippen LogP) is 4.60. The molecule has 3 aromatic heterocycles. The van der Waals surface area contributed by atoms with E-state index in [0.29, 0.717) is 77.1 Å². The van der Waals surface area contributed by atoms with Crippen molar-refractivity contribution in [3.05, 3.63) is 101 Å². The van der Waals surface area contributed by atoms with Crippen molar-refractivity contribution in [3.63, 3.8) is 0 Å². The van der Waals surface area contributed by atoms with Crippen LogP contribution >= 0.6 is 0 Å². The Labute approximate surface area is 276 Å². The molecule has 0 aliphatic carbocycles. The predicted molar refractivity (Wildman–Crippen MR) is 177 cm³/mol. The van der Waals surface area contributed by atoms with E-state index in [4.69, 9.17) is 9.84 Å². The number of nitrogens with one attached hydrogen (secondary N) is 2. The molecular formula is C35H35FN8O4. The zero-order chi connectivity index (χ0) is 33.6. The Hall–Kier alpha value is -5.24. The normalized spacial score (nSPS) is 15.1. The van der Waals surface area contributed by atoms with Crippen molar-refractivity contribution in [2.75, 3.05) is 36.6 Å². The fraction of sp³-hybridized carbons (Fsp3) is 0.286. The molecule has 0 atom stereocenters. The van der Waals surface area contributed by atoms with Gasteiger partial charge in [-0.2, -0.15) is 5.10 Å². The second kappa shape index (κ2) is 12.4. The lowest BCUT2D eigenvalue weighted by atomic mass is 9.84. The van der Waals surface area contributed by atoms with E-state index in [-0.39, 0.29) is 23.4 Å². The van der Waals surface area contributed by atoms with Gasteiger partial charge in [0.1, 0.15) is 11.6 Å². The summed E-state index contributed by atoms with van der Waals surface area (Å²) in [6.07, 6.45) is 4.85. The maximum absolute atomic E-state index is 15.4. The van der Waals surface area contributed by atoms with Crippen LogP contribution in [0.5, 0.6) is 0 Å². The van der Waals surface area contributed by atoms with Gasteiger partial charge in [-0.05, 0) is 46.9 Å². The fourth-order valence-corrected chi connectivity index (χ4v) is 6.03. The van der Waals surface area contributed by atoms with Crippen LogP contribution in [0.15, 0.2) is 67.1 Å². The molecule has 0 radical (unpaired) electrons. The van der Waals surface area contributed by atoms with Crippen molar-refractivity contribution in [3.8, 4) is 11.3 Å². The number of pyridine rings is 1. The lowest BCUT2D eigenvalue weighted by molar-refractivity contribution is 0.0302. The van der Waals surface area contributed by atoms with Crippen LogP contribution in [0.4, 0.5) is 21.6 Å². The minimum atomic E-state index is -0.578. The van der Waals surface area contributed by atoms with Crippen molar-refractivity contribution in [1.82, 2.24) is 29.9 Å². The molecule has 5 heterocycles. The minimum Gasteiger partial charge on any atom is -0.392 e. The molecule has 2 aliphatic heterocycles. The van der Waals surface area contributed by atoms with Crippen LogP contribution in [0, 0.1) is 5.82 Å². The molecule has 13 heteroatoms. The molecule has 5 aromatic rings. The van der Waals surface area contributed by atoms with Gasteiger partial charge >= 0.3 is 0 Å². The molecule has 0 unspecified atom stereocenters. The zero-order valence-corrected chi connectivity index (χ0v) is 26.8. The average Bonchev–Trinajstić information content (AvgIpc) is 3.57. The van der Waals surface area contributed by atoms with Gasteiger partial charge in [-0.15, -0.1) is 0 Å². The molecular weight excluding hydrogens is 615 g/mol. The number of imidazole rings is 1. The molecule has 7 rings (SSSR count). The first-order valence-corrected chi connectivity index (χ1v) is 15.7. The summed E-state index contributed by atoms with van der Waals surface area (Å²) < 4.78 is 22.4. The van der Waals surface area contributed by atoms with E-state index in [0.717, 1.165) is 5.56 Å². The maximum atomic E-state index is 15.4. The Kier molecular flexibility index (Phi) is 8.11. The van der Waals surface area contributed by atoms with Gasteiger partial charge < -0.3 is 20.1 Å². The number of benzene rings is 2. The summed E-state index contributed by atoms with van der Waals surface area (Å²) >= 11 is 0. The summed E-state index contributed by atoms with van der Waals surface area (Å²) in [5.74, 6) is -0.739. The SMILES string of the molecule is CC(C)(C)c1cc(F)c2c(c1)CNN(c1cccc(-c3cc(Nc4ccc(C(=O)N5CCOCC5)cn4)c4nccn4n3)c1CO)C2=O. The molecule has 0 saturated carbocycles. The van der Waals surface area contributed by atoms with E-state index in [1.165, 1.54) is 17.3 Å². The molecule has 1 fully saturated rings. The Balaban J connectivity index is 1.20. The van der Waals surface area contributed by atoms with Crippen molar-refractivity contribution >= 4 is 34.7 Å². The molecule has 2 aromatic carbocycles. The van der Waals surface area contributed by atoms with Gasteiger partial charge in [0.25, 0.3) is 11.8 Å². The van der Waals surface area contributed by atoms with Crippen molar-refractivity contribution in [2.45, 2.75) is 39.3 Å². The number of hydrogen-bond donors (Lipinski definition) is 3. The number of ether oxygens (including phenoxy) is 1. The van der Waals surface area contributed by atoms with E-state index in [1.807, 2.05) is 26.8 Å². The summed E-state index contributed by atoms with van der Waals surface area (Å²) in [5, 5.41) is 19.9. The van der Waals surface area contributed by atoms with E-state index in [2.05, 4.69) is 20.7 Å². The summed E-state index contributed by atoms with van der Waals surface area (Å²) in [7, 11) is 0. The number of aromatic nitrogens is 4. The summed E-state index contributed by atoms with van der Waals surface area (Å²) in [6, 6.07) is 13.8. The largest absolute Gasteiger partial charge is 0.392 e. The number of halogens is 1. The molecule has 1 saturated heterocycles. The number of amides is 2. The highest BCUT2D eigenvalue weighted by atomic mass is 19.1. The maximum Gasteiger partial charge on any atom is 0.275 e. The molecule has 2 amide bonds. The molecule has 0 bridgehead atoms. The van der Waals surface area contributed by atoms with Crippen LogP contribution in [0.25, 0.3) is 16.9 Å². The lowest BCUT2D eigenvalue weighted by Crippen LogP contribution is -2.48. The molecule has 12 nitrogen and oxygen atoms in total. The highest BCUT2D eigenvalue weighted by Gasteiger charge is 2.32. The van der Waals surface area contributed by atoms with Crippen LogP contribution in [0.2, 0.25) is 0 Å². The third kappa shape index (κ3) is 5.76. The van der Waals surface area contributed by atoms with Crippen LogP contribution in [0.3, 0.4) is 0 Å². The quantitative estimate of drug-likeness (QED) is 0.241. The van der Waals surface area contributed by atoms with E-state index < -0.39 is 18.3 Å². The molecule has 2 aliphatic rings. The summed E-state index contributed by atoms with van der Waals surface area (Å²) in [4.78, 5) is 37.3. The fourth-order valence-electron chi connectivity index (χ4n) is 6.03. The van der Waals surface area contributed by atoms with Gasteiger partial charge in [-0.1, -0.05) is 39.0 Å². The van der Waals surface area contributed by atoms with Crippen molar-refractivity contribution in [2.24, 2.45) is 0 Å². The van der Waals surface area contributed by atoms with Gasteiger partial charge in [0.05, 0.1) is 48.0 Å². The van der Waals surface area contributed by atoms with Gasteiger partial charge in [0.15, 0.2) is 5.65 Å². The van der Waals surface area contributed by atoms with Crippen LogP contribution in [-0.2, 0) is 23.3 Å². The van der Waals surface area contributed by atoms with Crippen LogP contribution < -0.4 is 15.8 Å². The van der Waals surface area contributed by atoms with Crippen molar-refractivity contribution < 1.29 is 23.8 Å². The third-order valence-corrected chi connectivity index (χ3v) is 8.64. The summed E-state index contributed by atoms with van der Waals surface area (Å²) in [5.41, 5.74) is 7.68. The van der Waals surface area contributed by atoms with Crippen LogP contribution in [-0.4, -0.2) is 67.7 Å². The standard InChI is InChI=1S/C35H35FN8O4/c1-35(2,3)23-15-22-19-39-44(34(47)31(22)26(36)16-23)29-6-4-5-24(25(29)20-45)27-17-28(32-37-9-10-43(32)41-27)40-30-8-7-21(18-38-30)33(46)42-11-13-48-14-12-42/h4-10,15-18,39,45H,11-14,19-20H2,1-3H3,(H,38,40). The summed E-state index contributed by atoms with van der Waals surface area (Å²) in [6.45, 7) is 7.91. The Morgan fingerprint density at radius 2 is 1.92 bits per heavy atom. The number of aliphatic hydroxyl groups is 1. The van der Waals surface area contributed by atoms with Gasteiger partial charge in [-0.25, -0.2) is 29.3 Å². The number of carbonyl (C=O) groups is 2. The Bertz CT molecular complexity index is 2030. The van der Waals surface area contributed by atoms with Crippen molar-refractivity contribution in [1.29, 1.82) is 0 Å².